The van der Waals surface area contributed by atoms with E-state index in [1.807, 2.05) is 30.3 Å². The molecule has 0 aliphatic rings. The van der Waals surface area contributed by atoms with Crippen molar-refractivity contribution in [3.8, 4) is 5.75 Å². The van der Waals surface area contributed by atoms with Gasteiger partial charge < -0.3 is 25.0 Å². The molecule has 0 bridgehead atoms. The van der Waals surface area contributed by atoms with E-state index in [-0.39, 0.29) is 6.61 Å². The van der Waals surface area contributed by atoms with Gasteiger partial charge in [-0.3, -0.25) is 0 Å². The molecule has 0 heterocycles. The number of carbonyl (C=O) groups is 1. The molecule has 2 rings (SSSR count). The van der Waals surface area contributed by atoms with Crippen LogP contribution in [0.25, 0.3) is 0 Å². The van der Waals surface area contributed by atoms with Crippen molar-refractivity contribution in [1.82, 2.24) is 5.32 Å². The van der Waals surface area contributed by atoms with Crippen LogP contribution in [0.5, 0.6) is 5.75 Å². The zero-order valence-corrected chi connectivity index (χ0v) is 13.4. The Morgan fingerprint density at radius 3 is 2.38 bits per heavy atom. The van der Waals surface area contributed by atoms with E-state index in [9.17, 15) is 15.0 Å². The summed E-state index contributed by atoms with van der Waals surface area (Å²) in [6.07, 6.45) is -1.82. The number of ether oxygens (including phenoxy) is 2. The molecule has 0 aromatic heterocycles. The standard InChI is InChI=1S/C18H21NO5/c1-23-15-9-7-14(8-10-15)17(16(21)11-20)19-18(22)24-12-13-5-3-2-4-6-13/h2-10,16-17,20-21H,11-12H2,1H3,(H,19,22)/t16-,17-/m1/s1. The maximum Gasteiger partial charge on any atom is 0.408 e. The Morgan fingerprint density at radius 2 is 1.79 bits per heavy atom. The van der Waals surface area contributed by atoms with Crippen LogP contribution in [-0.2, 0) is 11.3 Å². The molecule has 1 amide bonds. The minimum absolute atomic E-state index is 0.122. The van der Waals surface area contributed by atoms with Crippen molar-refractivity contribution >= 4 is 6.09 Å². The van der Waals surface area contributed by atoms with E-state index in [1.165, 1.54) is 0 Å². The third-order valence-corrected chi connectivity index (χ3v) is 3.53. The largest absolute Gasteiger partial charge is 0.497 e. The van der Waals surface area contributed by atoms with Gasteiger partial charge in [-0.25, -0.2) is 4.79 Å². The van der Waals surface area contributed by atoms with E-state index < -0.39 is 24.8 Å². The number of hydrogen-bond acceptors (Lipinski definition) is 5. The first-order valence-corrected chi connectivity index (χ1v) is 7.54. The number of methoxy groups -OCH3 is 1. The van der Waals surface area contributed by atoms with Crippen molar-refractivity contribution in [2.24, 2.45) is 0 Å². The van der Waals surface area contributed by atoms with Crippen molar-refractivity contribution in [1.29, 1.82) is 0 Å². The van der Waals surface area contributed by atoms with Crippen molar-refractivity contribution in [2.75, 3.05) is 13.7 Å². The number of aliphatic hydroxyl groups excluding tert-OH is 2. The zero-order valence-electron chi connectivity index (χ0n) is 13.4. The maximum absolute atomic E-state index is 12.0. The van der Waals surface area contributed by atoms with Crippen LogP contribution in [0.1, 0.15) is 17.2 Å². The molecule has 0 aliphatic heterocycles. The monoisotopic (exact) mass is 331 g/mol. The van der Waals surface area contributed by atoms with E-state index >= 15 is 0 Å². The highest BCUT2D eigenvalue weighted by Gasteiger charge is 2.23. The van der Waals surface area contributed by atoms with Gasteiger partial charge in [-0.15, -0.1) is 0 Å². The fraction of sp³-hybridized carbons (Fsp3) is 0.278. The Morgan fingerprint density at radius 1 is 1.12 bits per heavy atom. The molecule has 0 aliphatic carbocycles. The second kappa shape index (κ2) is 8.90. The number of amides is 1. The van der Waals surface area contributed by atoms with E-state index in [0.717, 1.165) is 5.56 Å². The maximum atomic E-state index is 12.0. The molecule has 0 unspecified atom stereocenters. The van der Waals surface area contributed by atoms with Crippen molar-refractivity contribution in [3.05, 3.63) is 65.7 Å². The van der Waals surface area contributed by atoms with Crippen LogP contribution < -0.4 is 10.1 Å². The third-order valence-electron chi connectivity index (χ3n) is 3.53. The van der Waals surface area contributed by atoms with Gasteiger partial charge in [-0.2, -0.15) is 0 Å². The number of hydrogen-bond donors (Lipinski definition) is 3. The average Bonchev–Trinajstić information content (AvgIpc) is 2.65. The van der Waals surface area contributed by atoms with Crippen molar-refractivity contribution in [2.45, 2.75) is 18.8 Å². The van der Waals surface area contributed by atoms with Gasteiger partial charge in [0, 0.05) is 0 Å². The highest BCUT2D eigenvalue weighted by Crippen LogP contribution is 2.20. The lowest BCUT2D eigenvalue weighted by molar-refractivity contribution is 0.0571. The lowest BCUT2D eigenvalue weighted by Crippen LogP contribution is -2.38. The highest BCUT2D eigenvalue weighted by atomic mass is 16.5. The molecule has 6 nitrogen and oxygen atoms in total. The zero-order chi connectivity index (χ0) is 17.4. The first-order chi connectivity index (χ1) is 11.6. The fourth-order valence-corrected chi connectivity index (χ4v) is 2.21. The van der Waals surface area contributed by atoms with Gasteiger partial charge in [-0.05, 0) is 23.3 Å². The topological polar surface area (TPSA) is 88.0 Å². The summed E-state index contributed by atoms with van der Waals surface area (Å²) < 4.78 is 10.2. The second-order valence-corrected chi connectivity index (χ2v) is 5.21. The molecule has 3 N–H and O–H groups in total. The van der Waals surface area contributed by atoms with Gasteiger partial charge in [0.15, 0.2) is 0 Å². The molecule has 0 saturated heterocycles. The molecule has 6 heteroatoms. The van der Waals surface area contributed by atoms with Crippen LogP contribution in [-0.4, -0.2) is 36.1 Å². The Labute approximate surface area is 140 Å². The number of benzene rings is 2. The highest BCUT2D eigenvalue weighted by molar-refractivity contribution is 5.68. The van der Waals surface area contributed by atoms with Gasteiger partial charge in [0.1, 0.15) is 18.5 Å². The number of aliphatic hydroxyl groups is 2. The van der Waals surface area contributed by atoms with Crippen LogP contribution in [0.3, 0.4) is 0 Å². The summed E-state index contributed by atoms with van der Waals surface area (Å²) >= 11 is 0. The fourth-order valence-electron chi connectivity index (χ4n) is 2.21. The van der Waals surface area contributed by atoms with Gasteiger partial charge in [0.2, 0.25) is 0 Å². The quantitative estimate of drug-likeness (QED) is 0.722. The number of carbonyl (C=O) groups excluding carboxylic acids is 1. The molecule has 0 radical (unpaired) electrons. The van der Waals surface area contributed by atoms with Gasteiger partial charge in [0.25, 0.3) is 0 Å². The summed E-state index contributed by atoms with van der Waals surface area (Å²) in [5.74, 6) is 0.655. The second-order valence-electron chi connectivity index (χ2n) is 5.21. The number of nitrogens with one attached hydrogen (secondary N) is 1. The van der Waals surface area contributed by atoms with E-state index in [0.29, 0.717) is 11.3 Å². The molecule has 0 spiro atoms. The minimum Gasteiger partial charge on any atom is -0.497 e. The summed E-state index contributed by atoms with van der Waals surface area (Å²) in [6, 6.07) is 15.3. The first-order valence-electron chi connectivity index (χ1n) is 7.54. The SMILES string of the molecule is COc1ccc([C@@H](NC(=O)OCc2ccccc2)[C@H](O)CO)cc1. The van der Waals surface area contributed by atoms with E-state index in [1.54, 1.807) is 31.4 Å². The van der Waals surface area contributed by atoms with Crippen LogP contribution in [0.15, 0.2) is 54.6 Å². The van der Waals surface area contributed by atoms with Crippen LogP contribution in [0, 0.1) is 0 Å². The normalized spacial score (nSPS) is 13.0. The lowest BCUT2D eigenvalue weighted by Gasteiger charge is -2.23. The lowest BCUT2D eigenvalue weighted by atomic mass is 10.0. The van der Waals surface area contributed by atoms with E-state index in [4.69, 9.17) is 9.47 Å². The number of alkyl carbamates (subject to hydrolysis) is 1. The predicted molar refractivity (Wildman–Crippen MR) is 88.6 cm³/mol. The van der Waals surface area contributed by atoms with Crippen molar-refractivity contribution < 1.29 is 24.5 Å². The van der Waals surface area contributed by atoms with Crippen molar-refractivity contribution in [3.63, 3.8) is 0 Å². The molecule has 2 atom stereocenters. The van der Waals surface area contributed by atoms with E-state index in [2.05, 4.69) is 5.32 Å². The van der Waals surface area contributed by atoms with Crippen LogP contribution in [0.2, 0.25) is 0 Å². The number of rotatable bonds is 7. The average molecular weight is 331 g/mol. The molecule has 0 fully saturated rings. The Hall–Kier alpha value is -2.57. The molecular weight excluding hydrogens is 310 g/mol. The van der Waals surface area contributed by atoms with Crippen LogP contribution in [0.4, 0.5) is 4.79 Å². The summed E-state index contributed by atoms with van der Waals surface area (Å²) in [4.78, 5) is 12.0. The van der Waals surface area contributed by atoms with Gasteiger partial charge in [0.05, 0.1) is 19.8 Å². The van der Waals surface area contributed by atoms with Crippen LogP contribution >= 0.6 is 0 Å². The smallest absolute Gasteiger partial charge is 0.408 e. The third kappa shape index (κ3) is 4.97. The Bertz CT molecular complexity index is 630. The Balaban J connectivity index is 2.00. The van der Waals surface area contributed by atoms with Gasteiger partial charge in [-0.1, -0.05) is 42.5 Å². The Kier molecular flexibility index (Phi) is 6.60. The molecule has 24 heavy (non-hydrogen) atoms. The summed E-state index contributed by atoms with van der Waals surface area (Å²) in [5.41, 5.74) is 1.49. The van der Waals surface area contributed by atoms with Gasteiger partial charge >= 0.3 is 6.09 Å². The summed E-state index contributed by atoms with van der Waals surface area (Å²) in [5, 5.41) is 21.8. The summed E-state index contributed by atoms with van der Waals surface area (Å²) in [7, 11) is 1.55. The molecule has 2 aromatic rings. The molecule has 0 saturated carbocycles. The molecular formula is C18H21NO5. The molecule has 2 aromatic carbocycles. The minimum atomic E-state index is -1.15. The first kappa shape index (κ1) is 17.8. The predicted octanol–water partition coefficient (Wildman–Crippen LogP) is 2.02. The molecule has 128 valence electrons. The summed E-state index contributed by atoms with van der Waals surface area (Å²) in [6.45, 7) is -0.368.